The molecule has 6 heteroatoms. The molecule has 0 aliphatic rings. The van der Waals surface area contributed by atoms with Crippen molar-refractivity contribution in [3.05, 3.63) is 0 Å². The summed E-state index contributed by atoms with van der Waals surface area (Å²) in [4.78, 5) is 27.9. The molecule has 0 saturated carbocycles. The molecule has 1 atom stereocenters. The number of hydrogen-bond donors (Lipinski definition) is 3. The van der Waals surface area contributed by atoms with Gasteiger partial charge < -0.3 is 20.7 Å². The summed E-state index contributed by atoms with van der Waals surface area (Å²) in [7, 11) is 0. The number of carboxylic acid groups (broad SMARTS) is 2. The van der Waals surface area contributed by atoms with Crippen molar-refractivity contribution in [2.24, 2.45) is 5.73 Å². The Morgan fingerprint density at radius 3 is 2.00 bits per heavy atom. The fourth-order valence-corrected chi connectivity index (χ4v) is 0.402. The fourth-order valence-electron chi connectivity index (χ4n) is 0.402. The minimum absolute atomic E-state index is 0.0231. The number of hydrogen-bond acceptors (Lipinski definition) is 4. The molecule has 0 aromatic carbocycles. The summed E-state index contributed by atoms with van der Waals surface area (Å²) in [6, 6.07) is -1.06. The van der Waals surface area contributed by atoms with Crippen LogP contribution in [-0.2, 0) is 14.4 Å². The Hall–Kier alpha value is -1.43. The molecule has 0 saturated heterocycles. The molecule has 0 radical (unpaired) electrons. The summed E-state index contributed by atoms with van der Waals surface area (Å²) in [6.07, 6.45) is -0.224. The van der Waals surface area contributed by atoms with Crippen molar-refractivity contribution in [2.75, 3.05) is 0 Å². The largest absolute Gasteiger partial charge is 0.481 e. The van der Waals surface area contributed by atoms with Gasteiger partial charge in [-0.25, -0.2) is 0 Å². The number of rotatable bonds is 4. The SMILES string of the molecule is C=O.NC(CCC(=O)O)C(=O)O. The van der Waals surface area contributed by atoms with Gasteiger partial charge in [0.1, 0.15) is 12.8 Å². The number of aliphatic carboxylic acids is 2. The lowest BCUT2D eigenvalue weighted by molar-refractivity contribution is -0.139. The summed E-state index contributed by atoms with van der Waals surface area (Å²) in [5.74, 6) is -2.20. The van der Waals surface area contributed by atoms with E-state index in [0.29, 0.717) is 0 Å². The second-order valence-corrected chi connectivity index (χ2v) is 1.88. The molecule has 0 heterocycles. The average molecular weight is 177 g/mol. The van der Waals surface area contributed by atoms with Gasteiger partial charge in [-0.15, -0.1) is 0 Å². The maximum Gasteiger partial charge on any atom is 0.320 e. The van der Waals surface area contributed by atoms with E-state index in [0.717, 1.165) is 0 Å². The van der Waals surface area contributed by atoms with Crippen molar-refractivity contribution in [1.82, 2.24) is 0 Å². The van der Waals surface area contributed by atoms with E-state index in [9.17, 15) is 9.59 Å². The van der Waals surface area contributed by atoms with Crippen LogP contribution < -0.4 is 5.73 Å². The summed E-state index contributed by atoms with van der Waals surface area (Å²) in [5.41, 5.74) is 5.00. The van der Waals surface area contributed by atoms with Crippen molar-refractivity contribution in [3.63, 3.8) is 0 Å². The van der Waals surface area contributed by atoms with Gasteiger partial charge in [0, 0.05) is 6.42 Å². The molecule has 1 unspecified atom stereocenters. The molecule has 0 aromatic rings. The minimum atomic E-state index is -1.17. The molecule has 12 heavy (non-hydrogen) atoms. The Bertz CT molecular complexity index is 158. The monoisotopic (exact) mass is 177 g/mol. The van der Waals surface area contributed by atoms with Crippen molar-refractivity contribution in [3.8, 4) is 0 Å². The highest BCUT2D eigenvalue weighted by atomic mass is 16.4. The van der Waals surface area contributed by atoms with Crippen LogP contribution in [0, 0.1) is 0 Å². The van der Waals surface area contributed by atoms with Crippen LogP contribution in [-0.4, -0.2) is 35.0 Å². The lowest BCUT2D eigenvalue weighted by atomic mass is 10.2. The van der Waals surface area contributed by atoms with Gasteiger partial charge in [0.25, 0.3) is 0 Å². The summed E-state index contributed by atoms with van der Waals surface area (Å²) in [6.45, 7) is 2.00. The van der Waals surface area contributed by atoms with Gasteiger partial charge in [-0.3, -0.25) is 9.59 Å². The molecule has 6 nitrogen and oxygen atoms in total. The van der Waals surface area contributed by atoms with E-state index >= 15 is 0 Å². The summed E-state index contributed by atoms with van der Waals surface area (Å²) in [5, 5.41) is 16.3. The maximum absolute atomic E-state index is 9.99. The lowest BCUT2D eigenvalue weighted by Crippen LogP contribution is -2.30. The van der Waals surface area contributed by atoms with Gasteiger partial charge in [-0.1, -0.05) is 0 Å². The minimum Gasteiger partial charge on any atom is -0.481 e. The molecular weight excluding hydrogens is 166 g/mol. The first-order valence-electron chi connectivity index (χ1n) is 3.03. The Balaban J connectivity index is 0. The molecular formula is C6H11NO5. The number of nitrogens with two attached hydrogens (primary N) is 1. The van der Waals surface area contributed by atoms with Crippen LogP contribution in [0.2, 0.25) is 0 Å². The molecule has 0 spiro atoms. The highest BCUT2D eigenvalue weighted by molar-refractivity contribution is 5.74. The molecule has 0 aromatic heterocycles. The Morgan fingerprint density at radius 1 is 1.33 bits per heavy atom. The van der Waals surface area contributed by atoms with Crippen LogP contribution >= 0.6 is 0 Å². The van der Waals surface area contributed by atoms with Crippen LogP contribution in [0.1, 0.15) is 12.8 Å². The quantitative estimate of drug-likeness (QED) is 0.511. The van der Waals surface area contributed by atoms with Crippen molar-refractivity contribution in [2.45, 2.75) is 18.9 Å². The maximum atomic E-state index is 9.99. The second-order valence-electron chi connectivity index (χ2n) is 1.88. The first-order valence-corrected chi connectivity index (χ1v) is 3.03. The topological polar surface area (TPSA) is 118 Å². The van der Waals surface area contributed by atoms with E-state index in [-0.39, 0.29) is 12.8 Å². The Morgan fingerprint density at radius 2 is 1.75 bits per heavy atom. The highest BCUT2D eigenvalue weighted by Crippen LogP contribution is 1.93. The summed E-state index contributed by atoms with van der Waals surface area (Å²) < 4.78 is 0. The summed E-state index contributed by atoms with van der Waals surface area (Å²) >= 11 is 0. The average Bonchev–Trinajstić information content (AvgIpc) is 2.03. The third kappa shape index (κ3) is 8.57. The Kier molecular flexibility index (Phi) is 8.43. The molecule has 0 rings (SSSR count). The predicted octanol–water partition coefficient (Wildman–Crippen LogP) is -0.922. The zero-order chi connectivity index (χ0) is 10.1. The van der Waals surface area contributed by atoms with E-state index in [4.69, 9.17) is 20.7 Å². The molecule has 0 aliphatic carbocycles. The normalized spacial score (nSPS) is 10.8. The highest BCUT2D eigenvalue weighted by Gasteiger charge is 2.12. The third-order valence-electron chi connectivity index (χ3n) is 0.986. The molecule has 0 aliphatic heterocycles. The van der Waals surface area contributed by atoms with Gasteiger partial charge >= 0.3 is 11.9 Å². The zero-order valence-corrected chi connectivity index (χ0v) is 6.40. The molecule has 0 amide bonds. The second kappa shape index (κ2) is 7.67. The Labute approximate surface area is 69.0 Å². The fraction of sp³-hybridized carbons (Fsp3) is 0.500. The van der Waals surface area contributed by atoms with Crippen molar-refractivity contribution < 1.29 is 24.6 Å². The van der Waals surface area contributed by atoms with Crippen LogP contribution in [0.15, 0.2) is 0 Å². The zero-order valence-electron chi connectivity index (χ0n) is 6.40. The number of carbonyl (C=O) groups is 3. The van der Waals surface area contributed by atoms with Crippen LogP contribution in [0.25, 0.3) is 0 Å². The number of carboxylic acids is 2. The molecule has 70 valence electrons. The van der Waals surface area contributed by atoms with Gasteiger partial charge in [-0.2, -0.15) is 0 Å². The molecule has 0 fully saturated rings. The molecule has 4 N–H and O–H groups in total. The van der Waals surface area contributed by atoms with Gasteiger partial charge in [0.15, 0.2) is 0 Å². The van der Waals surface area contributed by atoms with Crippen LogP contribution in [0.5, 0.6) is 0 Å². The lowest BCUT2D eigenvalue weighted by Gasteiger charge is -2.01. The first-order chi connectivity index (χ1) is 5.54. The predicted molar refractivity (Wildman–Crippen MR) is 39.6 cm³/mol. The van der Waals surface area contributed by atoms with Gasteiger partial charge in [0.2, 0.25) is 0 Å². The number of carbonyl (C=O) groups excluding carboxylic acids is 1. The molecule has 0 bridgehead atoms. The smallest absolute Gasteiger partial charge is 0.320 e. The standard InChI is InChI=1S/C5H9NO4.CH2O/c6-3(5(9)10)1-2-4(7)8;1-2/h3H,1-2,6H2,(H,7,8)(H,9,10);1H2. The van der Waals surface area contributed by atoms with Crippen LogP contribution in [0.3, 0.4) is 0 Å². The van der Waals surface area contributed by atoms with E-state index in [1.165, 1.54) is 0 Å². The first kappa shape index (κ1) is 13.2. The van der Waals surface area contributed by atoms with Crippen molar-refractivity contribution in [1.29, 1.82) is 0 Å². The van der Waals surface area contributed by atoms with Gasteiger partial charge in [0.05, 0.1) is 0 Å². The van der Waals surface area contributed by atoms with E-state index in [1.807, 2.05) is 6.79 Å². The van der Waals surface area contributed by atoms with E-state index in [1.54, 1.807) is 0 Å². The van der Waals surface area contributed by atoms with Gasteiger partial charge in [-0.05, 0) is 6.42 Å². The van der Waals surface area contributed by atoms with E-state index in [2.05, 4.69) is 0 Å². The third-order valence-corrected chi connectivity index (χ3v) is 0.986. The van der Waals surface area contributed by atoms with Crippen molar-refractivity contribution >= 4 is 18.7 Å². The van der Waals surface area contributed by atoms with Crippen LogP contribution in [0.4, 0.5) is 0 Å². The van der Waals surface area contributed by atoms with E-state index < -0.39 is 18.0 Å².